The summed E-state index contributed by atoms with van der Waals surface area (Å²) < 4.78 is 11.0. The van der Waals surface area contributed by atoms with Crippen LogP contribution >= 0.6 is 0 Å². The molecule has 6 nitrogen and oxygen atoms in total. The largest absolute Gasteiger partial charge is 0.379 e. The standard InChI is InChI=1S/C18H38N4O2/c1-4-6-11-23-13-14-24-12-9-20-18(19-3)21-15-17-8-7-10-22(5-2)16-17/h17H,4-16H2,1-3H3,(H2,19,20,21). The summed E-state index contributed by atoms with van der Waals surface area (Å²) in [5.74, 6) is 1.58. The van der Waals surface area contributed by atoms with Crippen molar-refractivity contribution in [3.05, 3.63) is 0 Å². The molecule has 1 rings (SSSR count). The molecule has 0 aromatic heterocycles. The third-order valence-electron chi connectivity index (χ3n) is 4.39. The van der Waals surface area contributed by atoms with Crippen LogP contribution in [-0.4, -0.2) is 77.1 Å². The Bertz CT molecular complexity index is 326. The molecule has 0 saturated carbocycles. The zero-order valence-corrected chi connectivity index (χ0v) is 16.0. The van der Waals surface area contributed by atoms with Gasteiger partial charge < -0.3 is 25.0 Å². The van der Waals surface area contributed by atoms with Crippen molar-refractivity contribution in [1.29, 1.82) is 0 Å². The molecule has 0 aromatic carbocycles. The Morgan fingerprint density at radius 2 is 1.92 bits per heavy atom. The van der Waals surface area contributed by atoms with Crippen LogP contribution in [0.1, 0.15) is 39.5 Å². The summed E-state index contributed by atoms with van der Waals surface area (Å²) in [6, 6.07) is 0. The molecule has 0 aromatic rings. The fourth-order valence-corrected chi connectivity index (χ4v) is 2.88. The van der Waals surface area contributed by atoms with Gasteiger partial charge >= 0.3 is 0 Å². The van der Waals surface area contributed by atoms with Gasteiger partial charge in [-0.25, -0.2) is 0 Å². The molecule has 0 bridgehead atoms. The third kappa shape index (κ3) is 10.1. The van der Waals surface area contributed by atoms with Gasteiger partial charge in [0.2, 0.25) is 0 Å². The Balaban J connectivity index is 2.00. The summed E-state index contributed by atoms with van der Waals surface area (Å²) >= 11 is 0. The van der Waals surface area contributed by atoms with E-state index in [1.165, 1.54) is 32.4 Å². The van der Waals surface area contributed by atoms with Crippen molar-refractivity contribution in [2.75, 3.05) is 66.2 Å². The number of nitrogens with zero attached hydrogens (tertiary/aromatic N) is 2. The molecule has 0 spiro atoms. The first kappa shape index (κ1) is 21.2. The monoisotopic (exact) mass is 342 g/mol. The van der Waals surface area contributed by atoms with Gasteiger partial charge in [0.15, 0.2) is 5.96 Å². The highest BCUT2D eigenvalue weighted by Gasteiger charge is 2.18. The topological polar surface area (TPSA) is 58.1 Å². The summed E-state index contributed by atoms with van der Waals surface area (Å²) in [6.45, 7) is 12.6. The van der Waals surface area contributed by atoms with Gasteiger partial charge in [0, 0.05) is 33.3 Å². The maximum absolute atomic E-state index is 5.55. The first-order valence-corrected chi connectivity index (χ1v) is 9.62. The van der Waals surface area contributed by atoms with Crippen molar-refractivity contribution in [2.24, 2.45) is 10.9 Å². The first-order valence-electron chi connectivity index (χ1n) is 9.62. The predicted octanol–water partition coefficient (Wildman–Crippen LogP) is 1.72. The van der Waals surface area contributed by atoms with E-state index in [1.54, 1.807) is 0 Å². The lowest BCUT2D eigenvalue weighted by Crippen LogP contribution is -2.45. The number of hydrogen-bond donors (Lipinski definition) is 2. The summed E-state index contributed by atoms with van der Waals surface area (Å²) in [5, 5.41) is 6.75. The molecule has 1 aliphatic heterocycles. The molecule has 1 aliphatic rings. The average Bonchev–Trinajstić information content (AvgIpc) is 2.63. The summed E-state index contributed by atoms with van der Waals surface area (Å²) in [7, 11) is 1.82. The molecule has 6 heteroatoms. The lowest BCUT2D eigenvalue weighted by molar-refractivity contribution is 0.0487. The molecule has 0 aliphatic carbocycles. The van der Waals surface area contributed by atoms with Gasteiger partial charge in [0.25, 0.3) is 0 Å². The number of nitrogens with one attached hydrogen (secondary N) is 2. The zero-order chi connectivity index (χ0) is 17.5. The first-order chi connectivity index (χ1) is 11.8. The Kier molecular flexibility index (Phi) is 12.8. The highest BCUT2D eigenvalue weighted by molar-refractivity contribution is 5.79. The predicted molar refractivity (Wildman–Crippen MR) is 101 cm³/mol. The maximum Gasteiger partial charge on any atom is 0.191 e. The molecule has 2 N–H and O–H groups in total. The molecule has 1 fully saturated rings. The Labute approximate surface area is 148 Å². The number of hydrogen-bond acceptors (Lipinski definition) is 4. The van der Waals surface area contributed by atoms with E-state index in [-0.39, 0.29) is 0 Å². The van der Waals surface area contributed by atoms with E-state index in [0.717, 1.165) is 38.6 Å². The average molecular weight is 343 g/mol. The third-order valence-corrected chi connectivity index (χ3v) is 4.39. The molecule has 142 valence electrons. The molecule has 1 unspecified atom stereocenters. The number of piperidine rings is 1. The second kappa shape index (κ2) is 14.5. The van der Waals surface area contributed by atoms with Crippen LogP contribution in [0.25, 0.3) is 0 Å². The van der Waals surface area contributed by atoms with Gasteiger partial charge in [-0.05, 0) is 38.3 Å². The van der Waals surface area contributed by atoms with Gasteiger partial charge in [-0.3, -0.25) is 4.99 Å². The van der Waals surface area contributed by atoms with Gasteiger partial charge in [-0.15, -0.1) is 0 Å². The minimum atomic E-state index is 0.659. The Hall–Kier alpha value is -0.850. The van der Waals surface area contributed by atoms with Crippen LogP contribution in [0.2, 0.25) is 0 Å². The van der Waals surface area contributed by atoms with Crippen LogP contribution < -0.4 is 10.6 Å². The van der Waals surface area contributed by atoms with Crippen molar-refractivity contribution < 1.29 is 9.47 Å². The minimum absolute atomic E-state index is 0.659. The second-order valence-corrected chi connectivity index (χ2v) is 6.36. The van der Waals surface area contributed by atoms with Crippen LogP contribution in [-0.2, 0) is 9.47 Å². The lowest BCUT2D eigenvalue weighted by Gasteiger charge is -2.32. The normalized spacial score (nSPS) is 19.5. The van der Waals surface area contributed by atoms with Crippen LogP contribution in [0, 0.1) is 5.92 Å². The number of guanidine groups is 1. The van der Waals surface area contributed by atoms with Gasteiger partial charge in [-0.2, -0.15) is 0 Å². The fraction of sp³-hybridized carbons (Fsp3) is 0.944. The smallest absolute Gasteiger partial charge is 0.191 e. The Morgan fingerprint density at radius 3 is 2.62 bits per heavy atom. The van der Waals surface area contributed by atoms with E-state index < -0.39 is 0 Å². The molecule has 0 amide bonds. The van der Waals surface area contributed by atoms with Crippen molar-refractivity contribution in [1.82, 2.24) is 15.5 Å². The van der Waals surface area contributed by atoms with Crippen LogP contribution in [0.4, 0.5) is 0 Å². The Morgan fingerprint density at radius 1 is 1.12 bits per heavy atom. The zero-order valence-electron chi connectivity index (χ0n) is 16.0. The van der Waals surface area contributed by atoms with Crippen molar-refractivity contribution in [2.45, 2.75) is 39.5 Å². The molecule has 0 radical (unpaired) electrons. The van der Waals surface area contributed by atoms with E-state index in [2.05, 4.69) is 34.4 Å². The van der Waals surface area contributed by atoms with Gasteiger partial charge in [-0.1, -0.05) is 20.3 Å². The second-order valence-electron chi connectivity index (χ2n) is 6.36. The number of unbranched alkanes of at least 4 members (excludes halogenated alkanes) is 1. The maximum atomic E-state index is 5.55. The van der Waals surface area contributed by atoms with E-state index in [4.69, 9.17) is 9.47 Å². The van der Waals surface area contributed by atoms with Crippen molar-refractivity contribution in [3.63, 3.8) is 0 Å². The summed E-state index contributed by atoms with van der Waals surface area (Å²) in [6.07, 6.45) is 4.91. The van der Waals surface area contributed by atoms with Crippen molar-refractivity contribution >= 4 is 5.96 Å². The van der Waals surface area contributed by atoms with E-state index >= 15 is 0 Å². The fourth-order valence-electron chi connectivity index (χ4n) is 2.88. The number of aliphatic imine (C=N–C) groups is 1. The highest BCUT2D eigenvalue weighted by atomic mass is 16.5. The van der Waals surface area contributed by atoms with E-state index in [0.29, 0.717) is 25.7 Å². The number of rotatable bonds is 12. The number of likely N-dealkylation sites (tertiary alicyclic amines) is 1. The van der Waals surface area contributed by atoms with E-state index in [9.17, 15) is 0 Å². The minimum Gasteiger partial charge on any atom is -0.379 e. The summed E-state index contributed by atoms with van der Waals surface area (Å²) in [4.78, 5) is 6.81. The molecule has 1 saturated heterocycles. The van der Waals surface area contributed by atoms with E-state index in [1.807, 2.05) is 7.05 Å². The molecular weight excluding hydrogens is 304 g/mol. The van der Waals surface area contributed by atoms with Crippen LogP contribution in [0.15, 0.2) is 4.99 Å². The quantitative estimate of drug-likeness (QED) is 0.321. The van der Waals surface area contributed by atoms with Crippen LogP contribution in [0.3, 0.4) is 0 Å². The van der Waals surface area contributed by atoms with Gasteiger partial charge in [0.1, 0.15) is 0 Å². The summed E-state index contributed by atoms with van der Waals surface area (Å²) in [5.41, 5.74) is 0. The van der Waals surface area contributed by atoms with Gasteiger partial charge in [0.05, 0.1) is 19.8 Å². The molecule has 1 atom stereocenters. The van der Waals surface area contributed by atoms with Crippen molar-refractivity contribution in [3.8, 4) is 0 Å². The molecular formula is C18H38N4O2. The molecule has 1 heterocycles. The highest BCUT2D eigenvalue weighted by Crippen LogP contribution is 2.14. The SMILES string of the molecule is CCCCOCCOCCNC(=NC)NCC1CCCN(CC)C1. The van der Waals surface area contributed by atoms with Crippen LogP contribution in [0.5, 0.6) is 0 Å². The number of ether oxygens (including phenoxy) is 2. The lowest BCUT2D eigenvalue weighted by atomic mass is 9.98. The molecule has 24 heavy (non-hydrogen) atoms.